The van der Waals surface area contributed by atoms with Crippen molar-refractivity contribution in [3.8, 4) is 17.2 Å². The van der Waals surface area contributed by atoms with Crippen LogP contribution in [0, 0.1) is 0 Å². The standard InChI is InChI=1S/C20H24N2O6S2/c1-26-16-13-15(14-17(27-2)20(16)28-3)6-7-18(23)21-8-10-22(11-9-21)30(24,25)19-5-4-12-29-19/h4-7,12-14H,8-11H2,1-3H3/b7-6+. The van der Waals surface area contributed by atoms with E-state index in [1.165, 1.54) is 43.0 Å². The van der Waals surface area contributed by atoms with Crippen molar-refractivity contribution < 1.29 is 27.4 Å². The molecule has 1 aliphatic rings. The van der Waals surface area contributed by atoms with Gasteiger partial charge < -0.3 is 19.1 Å². The summed E-state index contributed by atoms with van der Waals surface area (Å²) in [5.74, 6) is 1.29. The lowest BCUT2D eigenvalue weighted by atomic mass is 10.1. The Bertz CT molecular complexity index is 985. The van der Waals surface area contributed by atoms with Crippen molar-refractivity contribution >= 4 is 33.3 Å². The van der Waals surface area contributed by atoms with Gasteiger partial charge in [0, 0.05) is 32.3 Å². The van der Waals surface area contributed by atoms with E-state index >= 15 is 0 Å². The summed E-state index contributed by atoms with van der Waals surface area (Å²) in [4.78, 5) is 14.2. The third kappa shape index (κ3) is 4.61. The predicted octanol–water partition coefficient (Wildman–Crippen LogP) is 2.32. The number of ether oxygens (including phenoxy) is 3. The SMILES string of the molecule is COc1cc(/C=C/C(=O)N2CCN(S(=O)(=O)c3cccs3)CC2)cc(OC)c1OC. The molecule has 0 spiro atoms. The van der Waals surface area contributed by atoms with E-state index in [2.05, 4.69) is 0 Å². The van der Waals surface area contributed by atoms with Crippen LogP contribution in [0.3, 0.4) is 0 Å². The Kier molecular flexibility index (Phi) is 7.01. The van der Waals surface area contributed by atoms with Crippen molar-refractivity contribution in [2.24, 2.45) is 0 Å². The number of hydrogen-bond donors (Lipinski definition) is 0. The van der Waals surface area contributed by atoms with Gasteiger partial charge in [0.2, 0.25) is 11.7 Å². The molecule has 30 heavy (non-hydrogen) atoms. The van der Waals surface area contributed by atoms with Crippen molar-refractivity contribution in [2.75, 3.05) is 47.5 Å². The number of nitrogens with zero attached hydrogens (tertiary/aromatic N) is 2. The van der Waals surface area contributed by atoms with Crippen molar-refractivity contribution in [3.63, 3.8) is 0 Å². The summed E-state index contributed by atoms with van der Waals surface area (Å²) in [6.45, 7) is 1.21. The zero-order valence-corrected chi connectivity index (χ0v) is 18.7. The molecule has 162 valence electrons. The maximum Gasteiger partial charge on any atom is 0.252 e. The lowest BCUT2D eigenvalue weighted by Gasteiger charge is -2.33. The molecule has 0 unspecified atom stereocenters. The highest BCUT2D eigenvalue weighted by Crippen LogP contribution is 2.38. The molecule has 8 nitrogen and oxygen atoms in total. The Balaban J connectivity index is 1.66. The van der Waals surface area contributed by atoms with E-state index in [9.17, 15) is 13.2 Å². The third-order valence-corrected chi connectivity index (χ3v) is 8.02. The van der Waals surface area contributed by atoms with Crippen molar-refractivity contribution in [3.05, 3.63) is 41.3 Å². The molecule has 2 aromatic rings. The summed E-state index contributed by atoms with van der Waals surface area (Å²) in [5, 5.41) is 1.74. The van der Waals surface area contributed by atoms with Crippen LogP contribution in [0.2, 0.25) is 0 Å². The third-order valence-electron chi connectivity index (χ3n) is 4.74. The Morgan fingerprint density at radius 2 is 1.67 bits per heavy atom. The summed E-state index contributed by atoms with van der Waals surface area (Å²) in [7, 11) is 1.09. The maximum atomic E-state index is 12.6. The number of thiophene rings is 1. The first-order valence-corrected chi connectivity index (χ1v) is 11.5. The van der Waals surface area contributed by atoms with Crippen LogP contribution in [0.15, 0.2) is 39.9 Å². The van der Waals surface area contributed by atoms with Crippen LogP contribution in [0.25, 0.3) is 6.08 Å². The van der Waals surface area contributed by atoms with Crippen LogP contribution in [0.4, 0.5) is 0 Å². The maximum absolute atomic E-state index is 12.6. The van der Waals surface area contributed by atoms with Gasteiger partial charge in [-0.2, -0.15) is 4.31 Å². The minimum absolute atomic E-state index is 0.183. The number of methoxy groups -OCH3 is 3. The summed E-state index contributed by atoms with van der Waals surface area (Å²) in [5.41, 5.74) is 0.719. The van der Waals surface area contributed by atoms with Gasteiger partial charge in [0.1, 0.15) is 4.21 Å². The minimum atomic E-state index is -3.49. The number of piperazine rings is 1. The van der Waals surface area contributed by atoms with Crippen molar-refractivity contribution in [1.29, 1.82) is 0 Å². The molecule has 1 aromatic heterocycles. The molecule has 0 atom stereocenters. The van der Waals surface area contributed by atoms with Crippen LogP contribution >= 0.6 is 11.3 Å². The molecule has 2 heterocycles. The topological polar surface area (TPSA) is 85.4 Å². The van der Waals surface area contributed by atoms with Crippen LogP contribution < -0.4 is 14.2 Å². The highest BCUT2D eigenvalue weighted by Gasteiger charge is 2.30. The Hall–Kier alpha value is -2.56. The number of benzene rings is 1. The largest absolute Gasteiger partial charge is 0.493 e. The zero-order chi connectivity index (χ0) is 21.7. The van der Waals surface area contributed by atoms with E-state index in [4.69, 9.17) is 14.2 Å². The second kappa shape index (κ2) is 9.50. The Morgan fingerprint density at radius 1 is 1.03 bits per heavy atom. The van der Waals surface area contributed by atoms with Crippen LogP contribution in [0.1, 0.15) is 5.56 Å². The molecule has 0 aliphatic carbocycles. The van der Waals surface area contributed by atoms with E-state index < -0.39 is 10.0 Å². The molecule has 0 saturated carbocycles. The molecule has 1 fully saturated rings. The number of hydrogen-bond acceptors (Lipinski definition) is 7. The fourth-order valence-electron chi connectivity index (χ4n) is 3.16. The van der Waals surface area contributed by atoms with Gasteiger partial charge in [-0.15, -0.1) is 11.3 Å². The average Bonchev–Trinajstić information content (AvgIpc) is 3.32. The molecule has 0 radical (unpaired) electrons. The Labute approximate surface area is 180 Å². The van der Waals surface area contributed by atoms with Gasteiger partial charge >= 0.3 is 0 Å². The van der Waals surface area contributed by atoms with E-state index in [1.807, 2.05) is 0 Å². The van der Waals surface area contributed by atoms with Gasteiger partial charge in [-0.3, -0.25) is 4.79 Å². The van der Waals surface area contributed by atoms with Gasteiger partial charge in [0.05, 0.1) is 21.3 Å². The number of rotatable bonds is 7. The van der Waals surface area contributed by atoms with Crippen LogP contribution in [0.5, 0.6) is 17.2 Å². The first-order valence-electron chi connectivity index (χ1n) is 9.21. The normalized spacial score (nSPS) is 15.4. The van der Waals surface area contributed by atoms with Crippen LogP contribution in [-0.4, -0.2) is 71.0 Å². The van der Waals surface area contributed by atoms with Gasteiger partial charge in [-0.25, -0.2) is 8.42 Å². The lowest BCUT2D eigenvalue weighted by molar-refractivity contribution is -0.127. The number of carbonyl (C=O) groups is 1. The molecule has 1 aromatic carbocycles. The van der Waals surface area contributed by atoms with Gasteiger partial charge in [0.15, 0.2) is 11.5 Å². The highest BCUT2D eigenvalue weighted by atomic mass is 32.2. The second-order valence-corrected chi connectivity index (χ2v) is 9.57. The highest BCUT2D eigenvalue weighted by molar-refractivity contribution is 7.91. The molecule has 1 aliphatic heterocycles. The molecule has 1 saturated heterocycles. The predicted molar refractivity (Wildman–Crippen MR) is 115 cm³/mol. The lowest BCUT2D eigenvalue weighted by Crippen LogP contribution is -2.50. The first kappa shape index (κ1) is 22.1. The van der Waals surface area contributed by atoms with Gasteiger partial charge in [-0.05, 0) is 35.2 Å². The summed E-state index contributed by atoms with van der Waals surface area (Å²) in [6, 6.07) is 6.80. The first-order chi connectivity index (χ1) is 14.4. The van der Waals surface area contributed by atoms with E-state index in [1.54, 1.807) is 40.6 Å². The molecule has 3 rings (SSSR count). The van der Waals surface area contributed by atoms with E-state index in [0.29, 0.717) is 34.5 Å². The second-order valence-electron chi connectivity index (χ2n) is 6.45. The molecular weight excluding hydrogens is 428 g/mol. The monoisotopic (exact) mass is 452 g/mol. The quantitative estimate of drug-likeness (QED) is 0.600. The van der Waals surface area contributed by atoms with Crippen LogP contribution in [-0.2, 0) is 14.8 Å². The smallest absolute Gasteiger partial charge is 0.252 e. The fraction of sp³-hybridized carbons (Fsp3) is 0.350. The zero-order valence-electron chi connectivity index (χ0n) is 17.0. The average molecular weight is 453 g/mol. The number of carbonyl (C=O) groups excluding carboxylic acids is 1. The summed E-state index contributed by atoms with van der Waals surface area (Å²) >= 11 is 1.19. The minimum Gasteiger partial charge on any atom is -0.493 e. The Morgan fingerprint density at radius 3 is 2.17 bits per heavy atom. The molecular formula is C20H24N2O6S2. The summed E-state index contributed by atoms with van der Waals surface area (Å²) in [6.07, 6.45) is 3.13. The molecule has 1 amide bonds. The van der Waals surface area contributed by atoms with Gasteiger partial charge in [0.25, 0.3) is 10.0 Å². The molecule has 10 heteroatoms. The fourth-order valence-corrected chi connectivity index (χ4v) is 5.72. The molecule has 0 N–H and O–H groups in total. The molecule has 0 bridgehead atoms. The van der Waals surface area contributed by atoms with Crippen molar-refractivity contribution in [1.82, 2.24) is 9.21 Å². The number of sulfonamides is 1. The summed E-state index contributed by atoms with van der Waals surface area (Å²) < 4.78 is 42.9. The van der Waals surface area contributed by atoms with E-state index in [0.717, 1.165) is 5.56 Å². The van der Waals surface area contributed by atoms with Crippen molar-refractivity contribution in [2.45, 2.75) is 4.21 Å². The van der Waals surface area contributed by atoms with E-state index in [-0.39, 0.29) is 19.0 Å². The van der Waals surface area contributed by atoms with Gasteiger partial charge in [-0.1, -0.05) is 6.07 Å². The number of amides is 1.